The van der Waals surface area contributed by atoms with Crippen molar-refractivity contribution < 1.29 is 14.3 Å². The Balaban J connectivity index is 1.46. The monoisotopic (exact) mass is 344 g/mol. The summed E-state index contributed by atoms with van der Waals surface area (Å²) in [5, 5.41) is 3.30. The maximum Gasteiger partial charge on any atom is 0.305 e. The van der Waals surface area contributed by atoms with Crippen molar-refractivity contribution >= 4 is 11.9 Å². The maximum absolute atomic E-state index is 12.5. The molecule has 1 unspecified atom stereocenters. The van der Waals surface area contributed by atoms with Crippen LogP contribution in [0.3, 0.4) is 0 Å². The maximum atomic E-state index is 12.5. The Morgan fingerprint density at radius 3 is 2.64 bits per heavy atom. The molecule has 1 atom stereocenters. The third-order valence-electron chi connectivity index (χ3n) is 5.65. The van der Waals surface area contributed by atoms with Gasteiger partial charge in [0, 0.05) is 25.0 Å². The number of hydrogen-bond donors (Lipinski definition) is 1. The van der Waals surface area contributed by atoms with E-state index in [0.29, 0.717) is 6.42 Å². The zero-order valence-corrected chi connectivity index (χ0v) is 15.0. The number of methoxy groups -OCH3 is 1. The Hall–Kier alpha value is -1.88. The summed E-state index contributed by atoms with van der Waals surface area (Å²) in [5.41, 5.74) is 1.10. The van der Waals surface area contributed by atoms with Crippen LogP contribution in [0, 0.1) is 0 Å². The summed E-state index contributed by atoms with van der Waals surface area (Å²) in [5.74, 6) is 0.0451. The Kier molecular flexibility index (Phi) is 5.74. The molecule has 1 aromatic carbocycles. The molecule has 136 valence electrons. The first kappa shape index (κ1) is 17.9. The van der Waals surface area contributed by atoms with Crippen LogP contribution in [-0.2, 0) is 14.3 Å². The summed E-state index contributed by atoms with van der Waals surface area (Å²) in [6, 6.07) is 10.1. The lowest BCUT2D eigenvalue weighted by atomic mass is 9.82. The first-order valence-corrected chi connectivity index (χ1v) is 9.28. The Morgan fingerprint density at radius 2 is 1.96 bits per heavy atom. The molecule has 1 spiro atoms. The number of rotatable bonds is 6. The summed E-state index contributed by atoms with van der Waals surface area (Å²) >= 11 is 0. The van der Waals surface area contributed by atoms with Crippen LogP contribution in [0.4, 0.5) is 0 Å². The van der Waals surface area contributed by atoms with Crippen LogP contribution in [0.25, 0.3) is 0 Å². The zero-order valence-electron chi connectivity index (χ0n) is 15.0. The number of benzene rings is 1. The van der Waals surface area contributed by atoms with Crippen molar-refractivity contribution in [3.63, 3.8) is 0 Å². The minimum atomic E-state index is -0.127. The molecule has 0 aliphatic carbocycles. The minimum Gasteiger partial charge on any atom is -0.469 e. The first-order valence-electron chi connectivity index (χ1n) is 9.28. The first-order chi connectivity index (χ1) is 12.1. The van der Waals surface area contributed by atoms with Crippen LogP contribution in [0.2, 0.25) is 0 Å². The number of esters is 1. The van der Waals surface area contributed by atoms with Gasteiger partial charge in [0.15, 0.2) is 0 Å². The van der Waals surface area contributed by atoms with Gasteiger partial charge in [-0.15, -0.1) is 0 Å². The van der Waals surface area contributed by atoms with Gasteiger partial charge in [0.05, 0.1) is 13.0 Å². The van der Waals surface area contributed by atoms with Crippen LogP contribution < -0.4 is 5.32 Å². The van der Waals surface area contributed by atoms with Gasteiger partial charge in [-0.25, -0.2) is 0 Å². The van der Waals surface area contributed by atoms with Gasteiger partial charge >= 0.3 is 5.97 Å². The van der Waals surface area contributed by atoms with Crippen LogP contribution in [0.1, 0.15) is 50.0 Å². The highest BCUT2D eigenvalue weighted by atomic mass is 16.5. The number of piperidine rings is 1. The Labute approximate surface area is 149 Å². The van der Waals surface area contributed by atoms with Crippen LogP contribution in [0.15, 0.2) is 30.3 Å². The lowest BCUT2D eigenvalue weighted by Crippen LogP contribution is -2.51. The molecule has 1 aromatic rings. The molecule has 0 aromatic heterocycles. The molecule has 2 saturated heterocycles. The molecule has 5 heteroatoms. The number of carbonyl (C=O) groups is 2. The van der Waals surface area contributed by atoms with Crippen LogP contribution in [0.5, 0.6) is 0 Å². The van der Waals surface area contributed by atoms with Crippen molar-refractivity contribution in [1.82, 2.24) is 10.2 Å². The van der Waals surface area contributed by atoms with Gasteiger partial charge in [0.25, 0.3) is 0 Å². The molecule has 1 N–H and O–H groups in total. The molecule has 1 amide bonds. The smallest absolute Gasteiger partial charge is 0.305 e. The highest BCUT2D eigenvalue weighted by Gasteiger charge is 2.45. The van der Waals surface area contributed by atoms with E-state index < -0.39 is 0 Å². The van der Waals surface area contributed by atoms with Gasteiger partial charge < -0.3 is 15.0 Å². The van der Waals surface area contributed by atoms with Crippen molar-refractivity contribution in [2.24, 2.45) is 0 Å². The van der Waals surface area contributed by atoms with E-state index in [2.05, 4.69) is 27.1 Å². The Bertz CT molecular complexity index is 594. The largest absolute Gasteiger partial charge is 0.469 e. The van der Waals surface area contributed by atoms with E-state index in [4.69, 9.17) is 0 Å². The summed E-state index contributed by atoms with van der Waals surface area (Å²) in [6.45, 7) is 3.04. The molecule has 25 heavy (non-hydrogen) atoms. The summed E-state index contributed by atoms with van der Waals surface area (Å²) < 4.78 is 4.67. The fourth-order valence-corrected chi connectivity index (χ4v) is 4.08. The average molecular weight is 344 g/mol. The number of ether oxygens (including phenoxy) is 1. The van der Waals surface area contributed by atoms with Gasteiger partial charge in [-0.3, -0.25) is 9.59 Å². The van der Waals surface area contributed by atoms with Gasteiger partial charge in [-0.05, 0) is 44.2 Å². The molecule has 5 nitrogen and oxygen atoms in total. The predicted molar refractivity (Wildman–Crippen MR) is 96.2 cm³/mol. The van der Waals surface area contributed by atoms with E-state index in [0.717, 1.165) is 57.3 Å². The van der Waals surface area contributed by atoms with E-state index in [1.54, 1.807) is 0 Å². The van der Waals surface area contributed by atoms with E-state index >= 15 is 0 Å². The second-order valence-electron chi connectivity index (χ2n) is 7.31. The SMILES string of the molecule is COC(=O)CCCCN1CCC2(CC1)CC(c1ccccc1)C(=O)N2. The lowest BCUT2D eigenvalue weighted by Gasteiger charge is -2.39. The second kappa shape index (κ2) is 8.00. The quantitative estimate of drug-likeness (QED) is 0.636. The Morgan fingerprint density at radius 1 is 1.24 bits per heavy atom. The summed E-state index contributed by atoms with van der Waals surface area (Å²) in [6.07, 6.45) is 5.33. The highest BCUT2D eigenvalue weighted by molar-refractivity contribution is 5.87. The lowest BCUT2D eigenvalue weighted by molar-refractivity contribution is -0.140. The van der Waals surface area contributed by atoms with Gasteiger partial charge in [-0.2, -0.15) is 0 Å². The number of unbranched alkanes of at least 4 members (excludes halogenated alkanes) is 1. The molecule has 0 radical (unpaired) electrons. The van der Waals surface area contributed by atoms with E-state index in [1.807, 2.05) is 18.2 Å². The molecule has 2 aliphatic rings. The molecule has 0 bridgehead atoms. The van der Waals surface area contributed by atoms with Gasteiger partial charge in [-0.1, -0.05) is 30.3 Å². The molecule has 2 aliphatic heterocycles. The zero-order chi connectivity index (χ0) is 17.7. The van der Waals surface area contributed by atoms with Crippen molar-refractivity contribution in [1.29, 1.82) is 0 Å². The van der Waals surface area contributed by atoms with E-state index in [-0.39, 0.29) is 23.3 Å². The fourth-order valence-electron chi connectivity index (χ4n) is 4.08. The predicted octanol–water partition coefficient (Wildman–Crippen LogP) is 2.47. The average Bonchev–Trinajstić information content (AvgIpc) is 2.97. The fraction of sp³-hybridized carbons (Fsp3) is 0.600. The molecule has 2 heterocycles. The second-order valence-corrected chi connectivity index (χ2v) is 7.31. The topological polar surface area (TPSA) is 58.6 Å². The van der Waals surface area contributed by atoms with Crippen molar-refractivity contribution in [3.05, 3.63) is 35.9 Å². The molecular weight excluding hydrogens is 316 g/mol. The number of nitrogens with zero attached hydrogens (tertiary/aromatic N) is 1. The summed E-state index contributed by atoms with van der Waals surface area (Å²) in [7, 11) is 1.44. The number of carbonyl (C=O) groups excluding carboxylic acids is 2. The van der Waals surface area contributed by atoms with Crippen LogP contribution in [-0.4, -0.2) is 49.1 Å². The third-order valence-corrected chi connectivity index (χ3v) is 5.65. The summed E-state index contributed by atoms with van der Waals surface area (Å²) in [4.78, 5) is 26.0. The van der Waals surface area contributed by atoms with E-state index in [9.17, 15) is 9.59 Å². The van der Waals surface area contributed by atoms with Gasteiger partial charge in [0.1, 0.15) is 0 Å². The van der Waals surface area contributed by atoms with E-state index in [1.165, 1.54) is 7.11 Å². The molecular formula is C20H28N2O3. The van der Waals surface area contributed by atoms with Crippen molar-refractivity contribution in [3.8, 4) is 0 Å². The normalized spacial score (nSPS) is 22.8. The van der Waals surface area contributed by atoms with Crippen molar-refractivity contribution in [2.75, 3.05) is 26.7 Å². The molecule has 0 saturated carbocycles. The third kappa shape index (κ3) is 4.40. The van der Waals surface area contributed by atoms with Crippen molar-refractivity contribution in [2.45, 2.75) is 50.0 Å². The molecule has 3 rings (SSSR count). The standard InChI is InChI=1S/C20H28N2O3/c1-25-18(23)9-5-6-12-22-13-10-20(11-14-22)15-17(19(24)21-20)16-7-3-2-4-8-16/h2-4,7-8,17H,5-6,9-15H2,1H3,(H,21,24). The minimum absolute atomic E-state index is 0.00666. The molecule has 2 fully saturated rings. The van der Waals surface area contributed by atoms with Gasteiger partial charge in [0.2, 0.25) is 5.91 Å². The highest BCUT2D eigenvalue weighted by Crippen LogP contribution is 2.39. The van der Waals surface area contributed by atoms with Crippen LogP contribution >= 0.6 is 0 Å². The number of nitrogens with one attached hydrogen (secondary N) is 1. The number of hydrogen-bond acceptors (Lipinski definition) is 4. The number of amides is 1. The number of likely N-dealkylation sites (tertiary alicyclic amines) is 1.